The number of hydrogen-bond donors (Lipinski definition) is 2. The zero-order valence-electron chi connectivity index (χ0n) is 12.4. The summed E-state index contributed by atoms with van der Waals surface area (Å²) in [6, 6.07) is 3.76. The van der Waals surface area contributed by atoms with Gasteiger partial charge in [0, 0.05) is 11.6 Å². The van der Waals surface area contributed by atoms with Gasteiger partial charge in [0.1, 0.15) is 11.5 Å². The lowest BCUT2D eigenvalue weighted by Gasteiger charge is -1.99. The van der Waals surface area contributed by atoms with Crippen LogP contribution in [-0.4, -0.2) is 16.1 Å². The summed E-state index contributed by atoms with van der Waals surface area (Å²) < 4.78 is 5.55. The van der Waals surface area contributed by atoms with Crippen LogP contribution < -0.4 is 5.32 Å². The molecule has 0 aliphatic carbocycles. The lowest BCUT2D eigenvalue weighted by Crippen LogP contribution is -2.08. The molecular formula is C16H19N3O2. The van der Waals surface area contributed by atoms with Crippen molar-refractivity contribution in [2.45, 2.75) is 27.2 Å². The number of aromatic amines is 1. The molecule has 2 aromatic rings. The minimum absolute atomic E-state index is 0.215. The molecule has 5 nitrogen and oxygen atoms in total. The minimum atomic E-state index is -0.215. The molecule has 1 amide bonds. The lowest BCUT2D eigenvalue weighted by atomic mass is 10.2. The number of carbonyl (C=O) groups excluding carboxylic acids is 1. The Bertz CT molecular complexity index is 678. The highest BCUT2D eigenvalue weighted by molar-refractivity contribution is 5.99. The molecule has 0 saturated carbocycles. The topological polar surface area (TPSA) is 70.9 Å². The number of aryl methyl sites for hydroxylation is 1. The van der Waals surface area contributed by atoms with E-state index in [1.807, 2.05) is 45.1 Å². The molecule has 0 bridgehead atoms. The van der Waals surface area contributed by atoms with E-state index in [2.05, 4.69) is 15.5 Å². The van der Waals surface area contributed by atoms with E-state index >= 15 is 0 Å². The van der Waals surface area contributed by atoms with Crippen LogP contribution in [0.4, 0.5) is 5.82 Å². The smallest absolute Gasteiger partial charge is 0.249 e. The number of allylic oxidation sites excluding steroid dienone is 3. The Morgan fingerprint density at radius 1 is 1.38 bits per heavy atom. The Kier molecular flexibility index (Phi) is 4.77. The third-order valence-corrected chi connectivity index (χ3v) is 2.97. The summed E-state index contributed by atoms with van der Waals surface area (Å²) in [6.07, 6.45) is 7.93. The first-order valence-corrected chi connectivity index (χ1v) is 6.87. The molecule has 0 fully saturated rings. The van der Waals surface area contributed by atoms with E-state index in [9.17, 15) is 4.79 Å². The summed E-state index contributed by atoms with van der Waals surface area (Å²) in [5, 5.41) is 9.75. The Hall–Kier alpha value is -2.56. The Balaban J connectivity index is 2.09. The van der Waals surface area contributed by atoms with Crippen LogP contribution in [0, 0.1) is 13.8 Å². The third-order valence-electron chi connectivity index (χ3n) is 2.97. The number of anilines is 1. The molecule has 0 spiro atoms. The summed E-state index contributed by atoms with van der Waals surface area (Å²) in [5.74, 6) is 1.83. The number of H-pyrrole nitrogens is 1. The number of furan rings is 1. The molecule has 5 heteroatoms. The number of amides is 1. The number of rotatable bonds is 5. The van der Waals surface area contributed by atoms with Gasteiger partial charge in [-0.3, -0.25) is 9.89 Å². The SMILES string of the molecule is CC/C=C/C=C/C(=O)Nc1n[nH]c(-c2ccc(C)o2)c1C. The van der Waals surface area contributed by atoms with Gasteiger partial charge in [-0.25, -0.2) is 0 Å². The van der Waals surface area contributed by atoms with Crippen molar-refractivity contribution in [2.24, 2.45) is 0 Å². The van der Waals surface area contributed by atoms with Gasteiger partial charge in [0.2, 0.25) is 5.91 Å². The van der Waals surface area contributed by atoms with Gasteiger partial charge in [-0.05, 0) is 32.4 Å². The van der Waals surface area contributed by atoms with E-state index in [-0.39, 0.29) is 5.91 Å². The second-order valence-electron chi connectivity index (χ2n) is 4.67. The standard InChI is InChI=1S/C16H19N3O2/c1-4-5-6-7-8-14(20)17-16-12(3)15(18-19-16)13-10-9-11(2)21-13/h5-10H,4H2,1-3H3,(H2,17,18,19,20)/b6-5+,8-7+. The summed E-state index contributed by atoms with van der Waals surface area (Å²) in [4.78, 5) is 11.8. The summed E-state index contributed by atoms with van der Waals surface area (Å²) >= 11 is 0. The maximum atomic E-state index is 11.8. The second-order valence-corrected chi connectivity index (χ2v) is 4.67. The van der Waals surface area contributed by atoms with Gasteiger partial charge in [0.05, 0.1) is 0 Å². The monoisotopic (exact) mass is 285 g/mol. The van der Waals surface area contributed by atoms with Crippen molar-refractivity contribution in [3.05, 3.63) is 47.8 Å². The quantitative estimate of drug-likeness (QED) is 0.649. The van der Waals surface area contributed by atoms with Crippen LogP contribution in [0.5, 0.6) is 0 Å². The highest BCUT2D eigenvalue weighted by Crippen LogP contribution is 2.27. The van der Waals surface area contributed by atoms with Crippen molar-refractivity contribution in [3.8, 4) is 11.5 Å². The number of hydrogen-bond acceptors (Lipinski definition) is 3. The van der Waals surface area contributed by atoms with Gasteiger partial charge in [-0.1, -0.05) is 25.2 Å². The van der Waals surface area contributed by atoms with Crippen molar-refractivity contribution in [1.82, 2.24) is 10.2 Å². The van der Waals surface area contributed by atoms with Gasteiger partial charge >= 0.3 is 0 Å². The molecule has 0 aliphatic heterocycles. The van der Waals surface area contributed by atoms with Gasteiger partial charge in [-0.2, -0.15) is 5.10 Å². The first-order chi connectivity index (χ1) is 10.1. The zero-order chi connectivity index (χ0) is 15.2. The lowest BCUT2D eigenvalue weighted by molar-refractivity contribution is -0.111. The molecule has 0 unspecified atom stereocenters. The molecule has 0 aromatic carbocycles. The van der Waals surface area contributed by atoms with Gasteiger partial charge in [0.15, 0.2) is 11.6 Å². The first-order valence-electron chi connectivity index (χ1n) is 6.87. The van der Waals surface area contributed by atoms with Crippen molar-refractivity contribution < 1.29 is 9.21 Å². The van der Waals surface area contributed by atoms with E-state index in [1.165, 1.54) is 6.08 Å². The van der Waals surface area contributed by atoms with Crippen molar-refractivity contribution in [3.63, 3.8) is 0 Å². The molecule has 0 atom stereocenters. The number of nitrogens with one attached hydrogen (secondary N) is 2. The van der Waals surface area contributed by atoms with E-state index in [4.69, 9.17) is 4.42 Å². The molecular weight excluding hydrogens is 266 g/mol. The average Bonchev–Trinajstić information content (AvgIpc) is 3.02. The Labute approximate surface area is 123 Å². The Morgan fingerprint density at radius 3 is 2.86 bits per heavy atom. The summed E-state index contributed by atoms with van der Waals surface area (Å²) in [6.45, 7) is 5.80. The van der Waals surface area contributed by atoms with Gasteiger partial charge in [-0.15, -0.1) is 0 Å². The van der Waals surface area contributed by atoms with Gasteiger partial charge < -0.3 is 9.73 Å². The van der Waals surface area contributed by atoms with Crippen LogP contribution in [-0.2, 0) is 4.79 Å². The normalized spacial score (nSPS) is 11.6. The fourth-order valence-electron chi connectivity index (χ4n) is 1.84. The van der Waals surface area contributed by atoms with Crippen LogP contribution in [0.15, 0.2) is 40.9 Å². The van der Waals surface area contributed by atoms with E-state index in [0.29, 0.717) is 11.6 Å². The fourth-order valence-corrected chi connectivity index (χ4v) is 1.84. The van der Waals surface area contributed by atoms with E-state index < -0.39 is 0 Å². The fraction of sp³-hybridized carbons (Fsp3) is 0.250. The maximum absolute atomic E-state index is 11.8. The van der Waals surface area contributed by atoms with Crippen LogP contribution in [0.1, 0.15) is 24.7 Å². The average molecular weight is 285 g/mol. The van der Waals surface area contributed by atoms with E-state index in [1.54, 1.807) is 6.08 Å². The third kappa shape index (κ3) is 3.72. The summed E-state index contributed by atoms with van der Waals surface area (Å²) in [7, 11) is 0. The molecule has 2 heterocycles. The van der Waals surface area contributed by atoms with Gasteiger partial charge in [0.25, 0.3) is 0 Å². The molecule has 0 aliphatic rings. The number of nitrogens with zero attached hydrogens (tertiary/aromatic N) is 1. The molecule has 2 aromatic heterocycles. The van der Waals surface area contributed by atoms with Crippen LogP contribution in [0.25, 0.3) is 11.5 Å². The number of aromatic nitrogens is 2. The van der Waals surface area contributed by atoms with Crippen molar-refractivity contribution in [2.75, 3.05) is 5.32 Å². The molecule has 0 radical (unpaired) electrons. The zero-order valence-corrected chi connectivity index (χ0v) is 12.4. The van der Waals surface area contributed by atoms with Crippen molar-refractivity contribution >= 4 is 11.7 Å². The van der Waals surface area contributed by atoms with Crippen molar-refractivity contribution in [1.29, 1.82) is 0 Å². The molecule has 110 valence electrons. The molecule has 21 heavy (non-hydrogen) atoms. The second kappa shape index (κ2) is 6.74. The predicted octanol–water partition coefficient (Wildman–Crippen LogP) is 3.75. The minimum Gasteiger partial charge on any atom is -0.460 e. The predicted molar refractivity (Wildman–Crippen MR) is 83.0 cm³/mol. The highest BCUT2D eigenvalue weighted by Gasteiger charge is 2.14. The maximum Gasteiger partial charge on any atom is 0.249 e. The highest BCUT2D eigenvalue weighted by atomic mass is 16.3. The number of carbonyl (C=O) groups is 1. The molecule has 0 saturated heterocycles. The largest absolute Gasteiger partial charge is 0.460 e. The van der Waals surface area contributed by atoms with Crippen LogP contribution >= 0.6 is 0 Å². The molecule has 2 rings (SSSR count). The van der Waals surface area contributed by atoms with Crippen LogP contribution in [0.2, 0.25) is 0 Å². The Morgan fingerprint density at radius 2 is 2.19 bits per heavy atom. The van der Waals surface area contributed by atoms with E-state index in [0.717, 1.165) is 23.4 Å². The molecule has 2 N–H and O–H groups in total. The van der Waals surface area contributed by atoms with Crippen LogP contribution in [0.3, 0.4) is 0 Å². The summed E-state index contributed by atoms with van der Waals surface area (Å²) in [5.41, 5.74) is 1.61. The first kappa shape index (κ1) is 14.8.